The van der Waals surface area contributed by atoms with Crippen molar-refractivity contribution in [3.8, 4) is 0 Å². The van der Waals surface area contributed by atoms with Gasteiger partial charge in [-0.2, -0.15) is 0 Å². The first-order chi connectivity index (χ1) is 6.24. The summed E-state index contributed by atoms with van der Waals surface area (Å²) in [6.45, 7) is 5.75. The quantitative estimate of drug-likeness (QED) is 0.699. The third kappa shape index (κ3) is 3.03. The van der Waals surface area contributed by atoms with E-state index in [2.05, 4.69) is 13.5 Å². The fourth-order valence-corrected chi connectivity index (χ4v) is 1.26. The molecule has 1 aromatic carbocycles. The molecule has 0 bridgehead atoms. The van der Waals surface area contributed by atoms with Gasteiger partial charge in [0.15, 0.2) is 0 Å². The van der Waals surface area contributed by atoms with E-state index in [1.165, 1.54) is 0 Å². The molecule has 1 heteroatoms. The second-order valence-corrected chi connectivity index (χ2v) is 3.38. The molecule has 1 N–H and O–H groups in total. The topological polar surface area (TPSA) is 20.2 Å². The molecule has 0 aliphatic rings. The van der Waals surface area contributed by atoms with Gasteiger partial charge in [-0.1, -0.05) is 43.3 Å². The van der Waals surface area contributed by atoms with Crippen LogP contribution in [0.25, 0.3) is 0 Å². The molecule has 0 aliphatic carbocycles. The van der Waals surface area contributed by atoms with Crippen LogP contribution in [0.1, 0.15) is 25.0 Å². The fraction of sp³-hybridized carbons (Fsp3) is 0.333. The molecule has 2 unspecified atom stereocenters. The van der Waals surface area contributed by atoms with E-state index in [9.17, 15) is 5.11 Å². The number of allylic oxidation sites excluding steroid dienone is 1. The summed E-state index contributed by atoms with van der Waals surface area (Å²) in [6.07, 6.45) is 2.24. The summed E-state index contributed by atoms with van der Waals surface area (Å²) >= 11 is 0. The minimum Gasteiger partial charge on any atom is -0.388 e. The molecular weight excluding hydrogens is 160 g/mol. The van der Waals surface area contributed by atoms with Crippen LogP contribution in [0, 0.1) is 5.92 Å². The van der Waals surface area contributed by atoms with Crippen LogP contribution in [-0.4, -0.2) is 5.11 Å². The fourth-order valence-electron chi connectivity index (χ4n) is 1.26. The van der Waals surface area contributed by atoms with Crippen molar-refractivity contribution in [3.05, 3.63) is 48.6 Å². The molecule has 1 rings (SSSR count). The van der Waals surface area contributed by atoms with Crippen LogP contribution in [-0.2, 0) is 0 Å². The molecule has 1 nitrogen and oxygen atoms in total. The molecule has 0 radical (unpaired) electrons. The standard InChI is InChI=1S/C12H16O/c1-3-10(2)9-12(13)11-7-5-4-6-8-11/h3-8,10,12-13H,1,9H2,2H3. The first-order valence-electron chi connectivity index (χ1n) is 4.59. The highest BCUT2D eigenvalue weighted by Gasteiger charge is 2.09. The lowest BCUT2D eigenvalue weighted by molar-refractivity contribution is 0.155. The third-order valence-corrected chi connectivity index (χ3v) is 2.18. The highest BCUT2D eigenvalue weighted by Crippen LogP contribution is 2.20. The summed E-state index contributed by atoms with van der Waals surface area (Å²) in [5, 5.41) is 9.77. The van der Waals surface area contributed by atoms with Crippen molar-refractivity contribution in [1.29, 1.82) is 0 Å². The third-order valence-electron chi connectivity index (χ3n) is 2.18. The van der Waals surface area contributed by atoms with Crippen LogP contribution in [0.5, 0.6) is 0 Å². The van der Waals surface area contributed by atoms with Crippen molar-refractivity contribution < 1.29 is 5.11 Å². The van der Waals surface area contributed by atoms with E-state index in [-0.39, 0.29) is 6.10 Å². The molecule has 0 heterocycles. The number of hydrogen-bond acceptors (Lipinski definition) is 1. The average Bonchev–Trinajstić information content (AvgIpc) is 2.19. The van der Waals surface area contributed by atoms with Gasteiger partial charge < -0.3 is 5.11 Å². The van der Waals surface area contributed by atoms with Gasteiger partial charge in [-0.25, -0.2) is 0 Å². The normalized spacial score (nSPS) is 14.9. The molecule has 2 atom stereocenters. The summed E-state index contributed by atoms with van der Waals surface area (Å²) < 4.78 is 0. The molecular formula is C12H16O. The van der Waals surface area contributed by atoms with E-state index in [1.807, 2.05) is 36.4 Å². The van der Waals surface area contributed by atoms with Crippen molar-refractivity contribution in [1.82, 2.24) is 0 Å². The van der Waals surface area contributed by atoms with E-state index in [1.54, 1.807) is 0 Å². The predicted molar refractivity (Wildman–Crippen MR) is 55.4 cm³/mol. The molecule has 13 heavy (non-hydrogen) atoms. The SMILES string of the molecule is C=CC(C)CC(O)c1ccccc1. The Morgan fingerprint density at radius 1 is 1.38 bits per heavy atom. The molecule has 0 saturated heterocycles. The lowest BCUT2D eigenvalue weighted by atomic mass is 9.98. The Morgan fingerprint density at radius 3 is 2.54 bits per heavy atom. The summed E-state index contributed by atoms with van der Waals surface area (Å²) in [6, 6.07) is 9.72. The van der Waals surface area contributed by atoms with Crippen molar-refractivity contribution in [3.63, 3.8) is 0 Å². The molecule has 0 aromatic heterocycles. The molecule has 0 saturated carbocycles. The van der Waals surface area contributed by atoms with Gasteiger partial charge in [0, 0.05) is 0 Å². The van der Waals surface area contributed by atoms with Crippen molar-refractivity contribution in [2.45, 2.75) is 19.4 Å². The van der Waals surface area contributed by atoms with E-state index in [0.29, 0.717) is 5.92 Å². The molecule has 0 aliphatic heterocycles. The van der Waals surface area contributed by atoms with Crippen LogP contribution in [0.3, 0.4) is 0 Å². The lowest BCUT2D eigenvalue weighted by Gasteiger charge is -2.13. The maximum absolute atomic E-state index is 9.77. The Balaban J connectivity index is 2.58. The van der Waals surface area contributed by atoms with Crippen LogP contribution in [0.2, 0.25) is 0 Å². The van der Waals surface area contributed by atoms with Crippen LogP contribution in [0.4, 0.5) is 0 Å². The first-order valence-corrected chi connectivity index (χ1v) is 4.59. The van der Waals surface area contributed by atoms with E-state index in [0.717, 1.165) is 12.0 Å². The van der Waals surface area contributed by atoms with Crippen LogP contribution >= 0.6 is 0 Å². The molecule has 70 valence electrons. The number of hydrogen-bond donors (Lipinski definition) is 1. The van der Waals surface area contributed by atoms with E-state index < -0.39 is 0 Å². The lowest BCUT2D eigenvalue weighted by Crippen LogP contribution is -2.01. The smallest absolute Gasteiger partial charge is 0.0795 e. The van der Waals surface area contributed by atoms with E-state index in [4.69, 9.17) is 0 Å². The minimum absolute atomic E-state index is 0.357. The van der Waals surface area contributed by atoms with Gasteiger partial charge in [-0.15, -0.1) is 6.58 Å². The Bertz CT molecular complexity index is 253. The number of benzene rings is 1. The zero-order valence-corrected chi connectivity index (χ0v) is 7.98. The van der Waals surface area contributed by atoms with Gasteiger partial charge in [-0.3, -0.25) is 0 Å². The summed E-state index contributed by atoms with van der Waals surface area (Å²) in [4.78, 5) is 0. The van der Waals surface area contributed by atoms with Crippen LogP contribution in [0.15, 0.2) is 43.0 Å². The highest BCUT2D eigenvalue weighted by molar-refractivity contribution is 5.17. The number of rotatable bonds is 4. The van der Waals surface area contributed by atoms with Crippen molar-refractivity contribution in [2.75, 3.05) is 0 Å². The molecule has 0 spiro atoms. The van der Waals surface area contributed by atoms with Crippen molar-refractivity contribution >= 4 is 0 Å². The zero-order valence-electron chi connectivity index (χ0n) is 7.98. The number of aliphatic hydroxyl groups is 1. The van der Waals surface area contributed by atoms with Crippen molar-refractivity contribution in [2.24, 2.45) is 5.92 Å². The minimum atomic E-state index is -0.366. The zero-order chi connectivity index (χ0) is 9.68. The monoisotopic (exact) mass is 176 g/mol. The van der Waals surface area contributed by atoms with E-state index >= 15 is 0 Å². The van der Waals surface area contributed by atoms with Gasteiger partial charge in [0.05, 0.1) is 6.10 Å². The second kappa shape index (κ2) is 4.83. The molecule has 0 amide bonds. The molecule has 0 fully saturated rings. The molecule has 1 aromatic rings. The average molecular weight is 176 g/mol. The van der Waals surface area contributed by atoms with Gasteiger partial charge in [0.25, 0.3) is 0 Å². The van der Waals surface area contributed by atoms with Gasteiger partial charge in [0.2, 0.25) is 0 Å². The Kier molecular flexibility index (Phi) is 3.71. The Hall–Kier alpha value is -1.08. The maximum atomic E-state index is 9.77. The predicted octanol–water partition coefficient (Wildman–Crippen LogP) is 2.93. The van der Waals surface area contributed by atoms with Gasteiger partial charge in [0.1, 0.15) is 0 Å². The van der Waals surface area contributed by atoms with Gasteiger partial charge >= 0.3 is 0 Å². The first kappa shape index (κ1) is 10.0. The summed E-state index contributed by atoms with van der Waals surface area (Å²) in [5.41, 5.74) is 0.983. The largest absolute Gasteiger partial charge is 0.388 e. The highest BCUT2D eigenvalue weighted by atomic mass is 16.3. The Labute approximate surface area is 79.7 Å². The number of aliphatic hydroxyl groups excluding tert-OH is 1. The maximum Gasteiger partial charge on any atom is 0.0795 e. The second-order valence-electron chi connectivity index (χ2n) is 3.38. The van der Waals surface area contributed by atoms with Crippen LogP contribution < -0.4 is 0 Å². The van der Waals surface area contributed by atoms with Gasteiger partial charge in [-0.05, 0) is 17.9 Å². The Morgan fingerprint density at radius 2 is 2.00 bits per heavy atom. The summed E-state index contributed by atoms with van der Waals surface area (Å²) in [5.74, 6) is 0.357. The summed E-state index contributed by atoms with van der Waals surface area (Å²) in [7, 11) is 0.